The molecule has 3 rings (SSSR count). The van der Waals surface area contributed by atoms with E-state index in [0.717, 1.165) is 22.4 Å². The smallest absolute Gasteiger partial charge is 0.228 e. The van der Waals surface area contributed by atoms with E-state index in [0.29, 0.717) is 13.0 Å². The summed E-state index contributed by atoms with van der Waals surface area (Å²) in [6.07, 6.45) is 0.634. The van der Waals surface area contributed by atoms with Crippen molar-refractivity contribution in [3.8, 4) is 0 Å². The second kappa shape index (κ2) is 7.09. The summed E-state index contributed by atoms with van der Waals surface area (Å²) >= 11 is 0. The van der Waals surface area contributed by atoms with Crippen LogP contribution in [0.25, 0.3) is 0 Å². The van der Waals surface area contributed by atoms with E-state index in [1.54, 1.807) is 11.9 Å². The van der Waals surface area contributed by atoms with Gasteiger partial charge in [-0.05, 0) is 49.1 Å². The quantitative estimate of drug-likeness (QED) is 0.908. The molecule has 1 saturated carbocycles. The highest BCUT2D eigenvalue weighted by molar-refractivity contribution is 5.99. The van der Waals surface area contributed by atoms with Gasteiger partial charge in [-0.15, -0.1) is 0 Å². The lowest BCUT2D eigenvalue weighted by atomic mass is 10.1. The fraction of sp³-hybridized carbons (Fsp3) is 0.333. The van der Waals surface area contributed by atoms with Gasteiger partial charge in [-0.3, -0.25) is 9.59 Å². The van der Waals surface area contributed by atoms with Gasteiger partial charge in [-0.25, -0.2) is 0 Å². The van der Waals surface area contributed by atoms with E-state index in [1.165, 1.54) is 0 Å². The van der Waals surface area contributed by atoms with Crippen LogP contribution in [0.2, 0.25) is 0 Å². The number of hydrogen-bond donors (Lipinski definition) is 1. The van der Waals surface area contributed by atoms with Crippen LogP contribution in [0.15, 0.2) is 48.5 Å². The van der Waals surface area contributed by atoms with Crippen molar-refractivity contribution in [3.63, 3.8) is 0 Å². The average Bonchev–Trinajstić information content (AvgIpc) is 3.34. The molecule has 0 saturated heterocycles. The largest absolute Gasteiger partial charge is 0.341 e. The molecule has 0 aliphatic heterocycles. The molecule has 2 aromatic carbocycles. The molecule has 0 bridgehead atoms. The SMILES string of the molecule is Cc1cc(C)cc(NC(=O)C2CC2C(=O)N(C)Cc2ccccc2)c1. The van der Waals surface area contributed by atoms with E-state index in [-0.39, 0.29) is 23.7 Å². The maximum atomic E-state index is 12.5. The van der Waals surface area contributed by atoms with Crippen molar-refractivity contribution >= 4 is 17.5 Å². The maximum absolute atomic E-state index is 12.5. The van der Waals surface area contributed by atoms with Crippen molar-refractivity contribution in [3.05, 3.63) is 65.2 Å². The molecule has 4 nitrogen and oxygen atoms in total. The molecule has 1 aliphatic carbocycles. The van der Waals surface area contributed by atoms with Crippen molar-refractivity contribution in [2.75, 3.05) is 12.4 Å². The zero-order valence-corrected chi connectivity index (χ0v) is 15.0. The minimum atomic E-state index is -0.216. The van der Waals surface area contributed by atoms with Gasteiger partial charge in [-0.2, -0.15) is 0 Å². The summed E-state index contributed by atoms with van der Waals surface area (Å²) in [4.78, 5) is 26.7. The van der Waals surface area contributed by atoms with Gasteiger partial charge in [0.1, 0.15) is 0 Å². The molecular formula is C21H24N2O2. The first-order valence-corrected chi connectivity index (χ1v) is 8.62. The molecule has 2 aromatic rings. The van der Waals surface area contributed by atoms with E-state index in [4.69, 9.17) is 0 Å². The first-order valence-electron chi connectivity index (χ1n) is 8.62. The van der Waals surface area contributed by atoms with Crippen LogP contribution in [0.5, 0.6) is 0 Å². The van der Waals surface area contributed by atoms with Crippen molar-refractivity contribution in [2.24, 2.45) is 11.8 Å². The molecule has 0 radical (unpaired) electrons. The Morgan fingerprint density at radius 3 is 2.32 bits per heavy atom. The molecule has 1 aliphatic rings. The van der Waals surface area contributed by atoms with Crippen LogP contribution in [-0.2, 0) is 16.1 Å². The Balaban J connectivity index is 1.56. The summed E-state index contributed by atoms with van der Waals surface area (Å²) in [5.74, 6) is -0.424. The number of nitrogens with one attached hydrogen (secondary N) is 1. The van der Waals surface area contributed by atoms with Crippen LogP contribution in [0, 0.1) is 25.7 Å². The van der Waals surface area contributed by atoms with Crippen molar-refractivity contribution in [2.45, 2.75) is 26.8 Å². The molecule has 25 heavy (non-hydrogen) atoms. The number of carbonyl (C=O) groups excluding carboxylic acids is 2. The highest BCUT2D eigenvalue weighted by atomic mass is 16.2. The number of benzene rings is 2. The molecule has 2 atom stereocenters. The third-order valence-corrected chi connectivity index (χ3v) is 4.57. The summed E-state index contributed by atoms with van der Waals surface area (Å²) in [5.41, 5.74) is 4.12. The van der Waals surface area contributed by atoms with Crippen molar-refractivity contribution in [1.29, 1.82) is 0 Å². The van der Waals surface area contributed by atoms with Gasteiger partial charge < -0.3 is 10.2 Å². The van der Waals surface area contributed by atoms with E-state index in [9.17, 15) is 9.59 Å². The zero-order chi connectivity index (χ0) is 18.0. The summed E-state index contributed by atoms with van der Waals surface area (Å²) in [5, 5.41) is 2.95. The van der Waals surface area contributed by atoms with E-state index in [2.05, 4.69) is 11.4 Å². The standard InChI is InChI=1S/C21H24N2O2/c1-14-9-15(2)11-17(10-14)22-20(24)18-12-19(18)21(25)23(3)13-16-7-5-4-6-8-16/h4-11,18-19H,12-13H2,1-3H3,(H,22,24). The van der Waals surface area contributed by atoms with Gasteiger partial charge in [0, 0.05) is 19.3 Å². The Hall–Kier alpha value is -2.62. The maximum Gasteiger partial charge on any atom is 0.228 e. The zero-order valence-electron chi connectivity index (χ0n) is 15.0. The Morgan fingerprint density at radius 1 is 1.04 bits per heavy atom. The molecule has 1 N–H and O–H groups in total. The number of nitrogens with zero attached hydrogens (tertiary/aromatic N) is 1. The van der Waals surface area contributed by atoms with Gasteiger partial charge in [0.2, 0.25) is 11.8 Å². The van der Waals surface area contributed by atoms with Crippen LogP contribution in [0.3, 0.4) is 0 Å². The molecule has 0 aromatic heterocycles. The summed E-state index contributed by atoms with van der Waals surface area (Å²) in [6.45, 7) is 4.58. The monoisotopic (exact) mass is 336 g/mol. The fourth-order valence-corrected chi connectivity index (χ4v) is 3.26. The van der Waals surface area contributed by atoms with Gasteiger partial charge in [0.15, 0.2) is 0 Å². The first-order chi connectivity index (χ1) is 11.9. The molecule has 130 valence electrons. The molecule has 0 spiro atoms. The molecule has 1 fully saturated rings. The number of carbonyl (C=O) groups is 2. The van der Waals surface area contributed by atoms with Crippen LogP contribution < -0.4 is 5.32 Å². The molecule has 0 heterocycles. The normalized spacial score (nSPS) is 18.5. The van der Waals surface area contributed by atoms with Crippen LogP contribution in [0.1, 0.15) is 23.1 Å². The predicted octanol–water partition coefficient (Wildman–Crippen LogP) is 3.54. The van der Waals surface area contributed by atoms with Crippen molar-refractivity contribution in [1.82, 2.24) is 4.90 Å². The summed E-state index contributed by atoms with van der Waals surface area (Å²) in [7, 11) is 1.80. The lowest BCUT2D eigenvalue weighted by molar-refractivity contribution is -0.133. The Kier molecular flexibility index (Phi) is 4.88. The van der Waals surface area contributed by atoms with Gasteiger partial charge >= 0.3 is 0 Å². The summed E-state index contributed by atoms with van der Waals surface area (Å²) < 4.78 is 0. The van der Waals surface area contributed by atoms with E-state index in [1.807, 2.05) is 56.3 Å². The van der Waals surface area contributed by atoms with Crippen LogP contribution >= 0.6 is 0 Å². The number of amides is 2. The Bertz CT molecular complexity index is 765. The first kappa shape index (κ1) is 17.2. The van der Waals surface area contributed by atoms with E-state index >= 15 is 0 Å². The lowest BCUT2D eigenvalue weighted by Crippen LogP contribution is -2.29. The van der Waals surface area contributed by atoms with E-state index < -0.39 is 0 Å². The van der Waals surface area contributed by atoms with Crippen LogP contribution in [0.4, 0.5) is 5.69 Å². The third-order valence-electron chi connectivity index (χ3n) is 4.57. The Morgan fingerprint density at radius 2 is 1.68 bits per heavy atom. The third kappa shape index (κ3) is 4.27. The molecule has 2 unspecified atom stereocenters. The average molecular weight is 336 g/mol. The minimum absolute atomic E-state index is 0.0458. The number of aryl methyl sites for hydroxylation is 2. The van der Waals surface area contributed by atoms with Gasteiger partial charge in [0.25, 0.3) is 0 Å². The highest BCUT2D eigenvalue weighted by Gasteiger charge is 2.49. The fourth-order valence-electron chi connectivity index (χ4n) is 3.26. The van der Waals surface area contributed by atoms with Crippen molar-refractivity contribution < 1.29 is 9.59 Å². The Labute approximate surface area is 148 Å². The number of rotatable bonds is 5. The highest BCUT2D eigenvalue weighted by Crippen LogP contribution is 2.41. The molecular weight excluding hydrogens is 312 g/mol. The predicted molar refractivity (Wildman–Crippen MR) is 99.1 cm³/mol. The molecule has 4 heteroatoms. The van der Waals surface area contributed by atoms with Gasteiger partial charge in [0.05, 0.1) is 11.8 Å². The lowest BCUT2D eigenvalue weighted by Gasteiger charge is -2.17. The van der Waals surface area contributed by atoms with Gasteiger partial charge in [-0.1, -0.05) is 36.4 Å². The molecule has 2 amide bonds. The summed E-state index contributed by atoms with van der Waals surface area (Å²) in [6, 6.07) is 15.9. The second-order valence-electron chi connectivity index (χ2n) is 6.99. The topological polar surface area (TPSA) is 49.4 Å². The number of anilines is 1. The number of hydrogen-bond acceptors (Lipinski definition) is 2. The van der Waals surface area contributed by atoms with Crippen LogP contribution in [-0.4, -0.2) is 23.8 Å². The minimum Gasteiger partial charge on any atom is -0.341 e. The second-order valence-corrected chi connectivity index (χ2v) is 6.99.